The molecule has 16 heavy (non-hydrogen) atoms. The van der Waals surface area contributed by atoms with Crippen LogP contribution in [0.4, 0.5) is 4.39 Å². The Kier molecular flexibility index (Phi) is 2.77. The molecule has 84 valence electrons. The molecule has 0 saturated heterocycles. The van der Waals surface area contributed by atoms with E-state index in [0.717, 1.165) is 23.1 Å². The van der Waals surface area contributed by atoms with Gasteiger partial charge in [-0.15, -0.1) is 0 Å². The highest BCUT2D eigenvalue weighted by Gasteiger charge is 2.26. The highest BCUT2D eigenvalue weighted by molar-refractivity contribution is 5.91. The van der Waals surface area contributed by atoms with Crippen molar-refractivity contribution in [3.05, 3.63) is 41.0 Å². The van der Waals surface area contributed by atoms with E-state index in [0.29, 0.717) is 12.0 Å². The molecular weight excluding hydrogens is 207 g/mol. The molecular formula is C13H13FO2. The van der Waals surface area contributed by atoms with E-state index in [1.165, 1.54) is 0 Å². The number of hydrogen-bond donors (Lipinski definition) is 1. The summed E-state index contributed by atoms with van der Waals surface area (Å²) >= 11 is 0. The summed E-state index contributed by atoms with van der Waals surface area (Å²) < 4.78 is 13.6. The quantitative estimate of drug-likeness (QED) is 0.832. The van der Waals surface area contributed by atoms with Crippen LogP contribution in [0.5, 0.6) is 0 Å². The predicted octanol–water partition coefficient (Wildman–Crippen LogP) is 2.75. The van der Waals surface area contributed by atoms with Gasteiger partial charge >= 0.3 is 5.97 Å². The van der Waals surface area contributed by atoms with Crippen molar-refractivity contribution in [2.45, 2.75) is 25.9 Å². The largest absolute Gasteiger partial charge is 0.479 e. The van der Waals surface area contributed by atoms with Gasteiger partial charge in [0, 0.05) is 5.57 Å². The second-order valence-corrected chi connectivity index (χ2v) is 4.01. The van der Waals surface area contributed by atoms with E-state index in [4.69, 9.17) is 5.11 Å². The molecule has 1 unspecified atom stereocenters. The highest BCUT2D eigenvalue weighted by atomic mass is 19.1. The zero-order valence-electron chi connectivity index (χ0n) is 9.03. The molecule has 2 rings (SSSR count). The van der Waals surface area contributed by atoms with Crippen molar-refractivity contribution >= 4 is 11.5 Å². The lowest BCUT2D eigenvalue weighted by Crippen LogP contribution is -2.19. The Morgan fingerprint density at radius 2 is 2.25 bits per heavy atom. The molecule has 0 aliphatic heterocycles. The van der Waals surface area contributed by atoms with Gasteiger partial charge in [-0.05, 0) is 36.5 Å². The maximum absolute atomic E-state index is 13.6. The standard InChI is InChI=1S/C13H13FO2/c1-8-4-2-5-9-6-3-7-10(11(8)9)12(14)13(15)16/h2,4-5,7,12H,3,6H2,1H3,(H,15,16). The van der Waals surface area contributed by atoms with Crippen molar-refractivity contribution in [2.24, 2.45) is 0 Å². The molecule has 1 aliphatic carbocycles. The topological polar surface area (TPSA) is 37.3 Å². The lowest BCUT2D eigenvalue weighted by Gasteiger charge is -2.20. The van der Waals surface area contributed by atoms with Crippen LogP contribution in [-0.2, 0) is 11.2 Å². The maximum atomic E-state index is 13.6. The number of carbonyl (C=O) groups is 1. The first-order valence-electron chi connectivity index (χ1n) is 5.27. The Hall–Kier alpha value is -1.64. The zero-order chi connectivity index (χ0) is 11.7. The normalized spacial score (nSPS) is 16.2. The highest BCUT2D eigenvalue weighted by Crippen LogP contribution is 2.32. The Morgan fingerprint density at radius 1 is 1.50 bits per heavy atom. The van der Waals surface area contributed by atoms with Crippen molar-refractivity contribution in [1.82, 2.24) is 0 Å². The van der Waals surface area contributed by atoms with E-state index in [-0.39, 0.29) is 0 Å². The summed E-state index contributed by atoms with van der Waals surface area (Å²) in [7, 11) is 0. The van der Waals surface area contributed by atoms with Gasteiger partial charge in [-0.1, -0.05) is 24.3 Å². The van der Waals surface area contributed by atoms with E-state index >= 15 is 0 Å². The number of aliphatic carboxylic acids is 1. The molecule has 1 atom stereocenters. The van der Waals surface area contributed by atoms with Crippen LogP contribution in [0.25, 0.3) is 5.57 Å². The van der Waals surface area contributed by atoms with E-state index < -0.39 is 12.1 Å². The smallest absolute Gasteiger partial charge is 0.343 e. The number of alkyl halides is 1. The number of allylic oxidation sites excluding steroid dienone is 1. The molecule has 0 heterocycles. The lowest BCUT2D eigenvalue weighted by atomic mass is 9.85. The average molecular weight is 220 g/mol. The van der Waals surface area contributed by atoms with Crippen molar-refractivity contribution in [1.29, 1.82) is 0 Å². The first-order chi connectivity index (χ1) is 7.61. The minimum Gasteiger partial charge on any atom is -0.479 e. The number of carboxylic acids is 1. The molecule has 1 aliphatic rings. The summed E-state index contributed by atoms with van der Waals surface area (Å²) in [5.74, 6) is -1.41. The number of rotatable bonds is 2. The Morgan fingerprint density at radius 3 is 2.94 bits per heavy atom. The molecule has 0 radical (unpaired) electrons. The van der Waals surface area contributed by atoms with Crippen molar-refractivity contribution < 1.29 is 14.3 Å². The molecule has 1 aromatic rings. The fourth-order valence-electron chi connectivity index (χ4n) is 2.20. The second kappa shape index (κ2) is 4.08. The van der Waals surface area contributed by atoms with Crippen LogP contribution >= 0.6 is 0 Å². The summed E-state index contributed by atoms with van der Waals surface area (Å²) in [5, 5.41) is 8.73. The summed E-state index contributed by atoms with van der Waals surface area (Å²) in [6.07, 6.45) is 1.35. The molecule has 1 aromatic carbocycles. The first-order valence-corrected chi connectivity index (χ1v) is 5.27. The van der Waals surface area contributed by atoms with Gasteiger partial charge in [-0.2, -0.15) is 0 Å². The third-order valence-electron chi connectivity index (χ3n) is 2.92. The number of aryl methyl sites for hydroxylation is 2. The van der Waals surface area contributed by atoms with Crippen molar-refractivity contribution in [3.8, 4) is 0 Å². The molecule has 0 amide bonds. The molecule has 1 N–H and O–H groups in total. The molecule has 0 bridgehead atoms. The van der Waals surface area contributed by atoms with Crippen LogP contribution in [0.3, 0.4) is 0 Å². The molecule has 3 heteroatoms. The molecule has 0 fully saturated rings. The van der Waals surface area contributed by atoms with Crippen molar-refractivity contribution in [3.63, 3.8) is 0 Å². The summed E-state index contributed by atoms with van der Waals surface area (Å²) in [6.45, 7) is 1.88. The monoisotopic (exact) mass is 220 g/mol. The van der Waals surface area contributed by atoms with Gasteiger partial charge in [0.05, 0.1) is 0 Å². The number of hydrogen-bond acceptors (Lipinski definition) is 1. The zero-order valence-corrected chi connectivity index (χ0v) is 9.03. The van der Waals surface area contributed by atoms with Gasteiger partial charge in [0.15, 0.2) is 0 Å². The number of halogens is 1. The molecule has 0 spiro atoms. The SMILES string of the molecule is Cc1cccc2c1C(C(F)C(=O)O)=CCC2. The molecule has 2 nitrogen and oxygen atoms in total. The van der Waals surface area contributed by atoms with E-state index in [1.54, 1.807) is 6.08 Å². The maximum Gasteiger partial charge on any atom is 0.343 e. The van der Waals surface area contributed by atoms with Crippen LogP contribution in [0.2, 0.25) is 0 Å². The third-order valence-corrected chi connectivity index (χ3v) is 2.92. The van der Waals surface area contributed by atoms with Gasteiger partial charge in [0.2, 0.25) is 6.17 Å². The van der Waals surface area contributed by atoms with Crippen LogP contribution in [0.15, 0.2) is 24.3 Å². The Bertz CT molecular complexity index is 463. The predicted molar refractivity (Wildman–Crippen MR) is 60.0 cm³/mol. The fraction of sp³-hybridized carbons (Fsp3) is 0.308. The Balaban J connectivity index is 2.51. The second-order valence-electron chi connectivity index (χ2n) is 4.01. The minimum absolute atomic E-state index is 0.312. The first kappa shape index (κ1) is 10.9. The Labute approximate surface area is 93.4 Å². The number of carboxylic acid groups (broad SMARTS) is 1. The summed E-state index contributed by atoms with van der Waals surface area (Å²) in [4.78, 5) is 10.7. The minimum atomic E-state index is -1.92. The average Bonchev–Trinajstić information content (AvgIpc) is 2.27. The van der Waals surface area contributed by atoms with Crippen LogP contribution in [-0.4, -0.2) is 17.2 Å². The fourth-order valence-corrected chi connectivity index (χ4v) is 2.20. The third kappa shape index (κ3) is 1.73. The molecule has 0 saturated carbocycles. The van der Waals surface area contributed by atoms with Gasteiger partial charge in [-0.25, -0.2) is 9.18 Å². The van der Waals surface area contributed by atoms with E-state index in [9.17, 15) is 9.18 Å². The number of fused-ring (bicyclic) bond motifs is 1. The van der Waals surface area contributed by atoms with Gasteiger partial charge < -0.3 is 5.11 Å². The summed E-state index contributed by atoms with van der Waals surface area (Å²) in [5.41, 5.74) is 3.07. The van der Waals surface area contributed by atoms with Gasteiger partial charge in [-0.3, -0.25) is 0 Å². The van der Waals surface area contributed by atoms with E-state index in [1.807, 2.05) is 25.1 Å². The van der Waals surface area contributed by atoms with E-state index in [2.05, 4.69) is 0 Å². The van der Waals surface area contributed by atoms with Crippen LogP contribution in [0.1, 0.15) is 23.1 Å². The van der Waals surface area contributed by atoms with Crippen molar-refractivity contribution in [2.75, 3.05) is 0 Å². The van der Waals surface area contributed by atoms with Crippen LogP contribution < -0.4 is 0 Å². The van der Waals surface area contributed by atoms with Crippen LogP contribution in [0, 0.1) is 6.92 Å². The summed E-state index contributed by atoms with van der Waals surface area (Å²) in [6, 6.07) is 5.74. The van der Waals surface area contributed by atoms with Gasteiger partial charge in [0.1, 0.15) is 0 Å². The van der Waals surface area contributed by atoms with Gasteiger partial charge in [0.25, 0.3) is 0 Å². The lowest BCUT2D eigenvalue weighted by molar-refractivity contribution is -0.140. The number of benzene rings is 1. The molecule has 0 aromatic heterocycles.